The van der Waals surface area contributed by atoms with Gasteiger partial charge < -0.3 is 10.5 Å². The number of hydrogen-bond donors (Lipinski definition) is 2. The maximum absolute atomic E-state index is 14.0. The normalized spacial score (nSPS) is 15.5. The Morgan fingerprint density at radius 3 is 2.41 bits per heavy atom. The maximum Gasteiger partial charge on any atom is 0.242 e. The van der Waals surface area contributed by atoms with E-state index in [4.69, 9.17) is 15.9 Å². The van der Waals surface area contributed by atoms with Crippen molar-refractivity contribution in [2.75, 3.05) is 25.4 Å². The van der Waals surface area contributed by atoms with Crippen LogP contribution in [0, 0.1) is 5.41 Å². The number of benzene rings is 2. The Morgan fingerprint density at radius 2 is 1.79 bits per heavy atom. The zero-order valence-electron chi connectivity index (χ0n) is 21.9. The van der Waals surface area contributed by atoms with Gasteiger partial charge >= 0.3 is 0 Å². The van der Waals surface area contributed by atoms with Crippen molar-refractivity contribution >= 4 is 22.8 Å². The quantitative estimate of drug-likeness (QED) is 0.127. The average Bonchev–Trinajstić information content (AvgIpc) is 2.94. The number of likely N-dealkylation sites (tertiary alicyclic amines) is 1. The molecule has 0 amide bonds. The Bertz CT molecular complexity index is 1320. The van der Waals surface area contributed by atoms with Gasteiger partial charge in [0.25, 0.3) is 0 Å². The molecule has 1 aliphatic rings. The number of ether oxygens (including phenoxy) is 1. The Labute approximate surface area is 227 Å². The van der Waals surface area contributed by atoms with E-state index in [0.717, 1.165) is 32.5 Å². The third kappa shape index (κ3) is 7.35. The second-order valence-corrected chi connectivity index (χ2v) is 9.50. The van der Waals surface area contributed by atoms with Gasteiger partial charge in [0, 0.05) is 49.6 Å². The highest BCUT2D eigenvalue weighted by Crippen LogP contribution is 2.37. The molecule has 39 heavy (non-hydrogen) atoms. The fourth-order valence-corrected chi connectivity index (χ4v) is 4.81. The van der Waals surface area contributed by atoms with Crippen LogP contribution in [0.3, 0.4) is 0 Å². The van der Waals surface area contributed by atoms with Crippen LogP contribution in [0.5, 0.6) is 5.88 Å². The molecule has 1 fully saturated rings. The zero-order chi connectivity index (χ0) is 27.8. The molecule has 5 nitrogen and oxygen atoms in total. The molecule has 4 rings (SSSR count). The predicted octanol–water partition coefficient (Wildman–Crippen LogP) is 6.99. The van der Waals surface area contributed by atoms with Crippen LogP contribution in [0.25, 0.3) is 11.1 Å². The van der Waals surface area contributed by atoms with Gasteiger partial charge in [-0.05, 0) is 60.2 Å². The summed E-state index contributed by atoms with van der Waals surface area (Å²) >= 11 is 0. The van der Waals surface area contributed by atoms with E-state index in [1.807, 2.05) is 19.1 Å². The number of aromatic nitrogens is 1. The lowest BCUT2D eigenvalue weighted by Crippen LogP contribution is -2.38. The number of rotatable bonds is 10. The lowest BCUT2D eigenvalue weighted by atomic mass is 9.87. The number of anilines is 1. The Hall–Kier alpha value is -3.91. The van der Waals surface area contributed by atoms with Crippen LogP contribution in [0.1, 0.15) is 48.4 Å². The van der Waals surface area contributed by atoms with Gasteiger partial charge in [-0.25, -0.2) is 13.8 Å². The van der Waals surface area contributed by atoms with Gasteiger partial charge in [-0.15, -0.1) is 0 Å². The number of piperidine rings is 1. The number of nitrogen functional groups attached to an aromatic ring is 1. The van der Waals surface area contributed by atoms with Gasteiger partial charge in [0.2, 0.25) is 18.3 Å². The highest BCUT2D eigenvalue weighted by molar-refractivity contribution is 6.02. The number of pyridine rings is 1. The minimum Gasteiger partial charge on any atom is -0.474 e. The Balaban J connectivity index is 1.69. The maximum atomic E-state index is 14.0. The fourth-order valence-electron chi connectivity index (χ4n) is 4.81. The molecule has 0 radical (unpaired) electrons. The van der Waals surface area contributed by atoms with Gasteiger partial charge in [0.05, 0.1) is 5.56 Å². The summed E-state index contributed by atoms with van der Waals surface area (Å²) in [5, 5.41) is 7.48. The summed E-state index contributed by atoms with van der Waals surface area (Å²) in [6, 6.07) is 17.0. The summed E-state index contributed by atoms with van der Waals surface area (Å²) in [6.45, 7) is 4.83. The number of hydrogen-bond acceptors (Lipinski definition) is 5. The smallest absolute Gasteiger partial charge is 0.242 e. The zero-order valence-corrected chi connectivity index (χ0v) is 21.9. The summed E-state index contributed by atoms with van der Waals surface area (Å²) < 4.78 is 47.8. The molecule has 0 atom stereocenters. The van der Waals surface area contributed by atoms with Crippen LogP contribution in [-0.2, 0) is 0 Å². The van der Waals surface area contributed by atoms with Crippen LogP contribution in [-0.4, -0.2) is 48.0 Å². The number of allylic oxidation sites excluding steroid dienone is 2. The standard InChI is InChI=1S/C31H33F3N4O/c1-2-3-15-38-16-13-24(14-17-38)39-29-12-10-23(20-37-29)30(22-9-11-27(35)26(18-22)31(34)36)25(19-28(32)33)21-7-5-4-6-8-21/h2-12,18,20,24,28,36H,13-17,19,35H2,1H3/b3-2+,30-25-,36-31?. The van der Waals surface area contributed by atoms with Crippen LogP contribution in [0.4, 0.5) is 18.9 Å². The molecular weight excluding hydrogens is 501 g/mol. The minimum absolute atomic E-state index is 0.0501. The number of nitrogens with zero attached hydrogens (tertiary/aromatic N) is 2. The molecule has 0 aliphatic carbocycles. The van der Waals surface area contributed by atoms with Crippen molar-refractivity contribution in [2.45, 2.75) is 38.7 Å². The van der Waals surface area contributed by atoms with E-state index < -0.39 is 18.8 Å². The van der Waals surface area contributed by atoms with Crippen LogP contribution >= 0.6 is 0 Å². The van der Waals surface area contributed by atoms with Crippen molar-refractivity contribution < 1.29 is 17.9 Å². The number of nitrogens with two attached hydrogens (primary N) is 1. The summed E-state index contributed by atoms with van der Waals surface area (Å²) in [4.78, 5) is 6.88. The first-order valence-corrected chi connectivity index (χ1v) is 13.0. The fraction of sp³-hybridized carbons (Fsp3) is 0.290. The van der Waals surface area contributed by atoms with Crippen molar-refractivity contribution in [1.29, 1.82) is 5.41 Å². The van der Waals surface area contributed by atoms with E-state index in [1.54, 1.807) is 48.7 Å². The first kappa shape index (κ1) is 28.1. The van der Waals surface area contributed by atoms with Crippen molar-refractivity contribution in [3.8, 4) is 5.88 Å². The SMILES string of the molecule is C/C=C/CN1CCC(Oc2ccc(/C(=C(/CC(F)F)c3ccccc3)c3ccc(N)c(C(=N)F)c3)cn2)CC1. The highest BCUT2D eigenvalue weighted by Gasteiger charge is 2.22. The second kappa shape index (κ2) is 13.2. The summed E-state index contributed by atoms with van der Waals surface area (Å²) in [5.41, 5.74) is 8.40. The van der Waals surface area contributed by atoms with Crippen LogP contribution in [0.15, 0.2) is 79.0 Å². The second-order valence-electron chi connectivity index (χ2n) is 9.50. The van der Waals surface area contributed by atoms with Crippen molar-refractivity contribution in [3.63, 3.8) is 0 Å². The largest absolute Gasteiger partial charge is 0.474 e. The lowest BCUT2D eigenvalue weighted by molar-refractivity contribution is 0.103. The van der Waals surface area contributed by atoms with E-state index in [2.05, 4.69) is 16.0 Å². The number of nitrogens with one attached hydrogen (secondary N) is 1. The van der Waals surface area contributed by atoms with E-state index in [9.17, 15) is 13.2 Å². The molecule has 2 heterocycles. The highest BCUT2D eigenvalue weighted by atomic mass is 19.3. The molecule has 0 unspecified atom stereocenters. The Morgan fingerprint density at radius 1 is 1.08 bits per heavy atom. The van der Waals surface area contributed by atoms with Crippen LogP contribution < -0.4 is 10.5 Å². The van der Waals surface area contributed by atoms with Gasteiger partial charge in [0.15, 0.2) is 0 Å². The molecule has 2 aromatic carbocycles. The lowest BCUT2D eigenvalue weighted by Gasteiger charge is -2.31. The summed E-state index contributed by atoms with van der Waals surface area (Å²) in [7, 11) is 0. The van der Waals surface area contributed by atoms with Gasteiger partial charge in [-0.3, -0.25) is 10.3 Å². The van der Waals surface area contributed by atoms with E-state index >= 15 is 0 Å². The van der Waals surface area contributed by atoms with Crippen molar-refractivity contribution in [1.82, 2.24) is 9.88 Å². The Kier molecular flexibility index (Phi) is 9.54. The number of halogens is 3. The average molecular weight is 535 g/mol. The van der Waals surface area contributed by atoms with Crippen molar-refractivity contribution in [3.05, 3.63) is 101 Å². The molecule has 0 spiro atoms. The monoisotopic (exact) mass is 534 g/mol. The first-order valence-electron chi connectivity index (χ1n) is 13.0. The van der Waals surface area contributed by atoms with Crippen LogP contribution in [0.2, 0.25) is 0 Å². The molecule has 0 bridgehead atoms. The number of alkyl halides is 2. The molecule has 8 heteroatoms. The van der Waals surface area contributed by atoms with Crippen molar-refractivity contribution in [2.24, 2.45) is 0 Å². The predicted molar refractivity (Wildman–Crippen MR) is 151 cm³/mol. The third-order valence-electron chi connectivity index (χ3n) is 6.81. The third-order valence-corrected chi connectivity index (χ3v) is 6.81. The summed E-state index contributed by atoms with van der Waals surface area (Å²) in [6.07, 6.45) is 4.49. The van der Waals surface area contributed by atoms with E-state index in [1.165, 1.54) is 12.1 Å². The van der Waals surface area contributed by atoms with Gasteiger partial charge in [0.1, 0.15) is 6.10 Å². The first-order chi connectivity index (χ1) is 18.9. The van der Waals surface area contributed by atoms with E-state index in [-0.39, 0.29) is 17.4 Å². The molecule has 3 N–H and O–H groups in total. The molecule has 1 saturated heterocycles. The molecule has 0 saturated carbocycles. The molecule has 1 aliphatic heterocycles. The molecule has 3 aromatic rings. The minimum atomic E-state index is -2.61. The summed E-state index contributed by atoms with van der Waals surface area (Å²) in [5.74, 6) is -0.730. The van der Waals surface area contributed by atoms with Gasteiger partial charge in [-0.1, -0.05) is 48.6 Å². The molecule has 1 aromatic heterocycles. The van der Waals surface area contributed by atoms with E-state index in [0.29, 0.717) is 33.7 Å². The van der Waals surface area contributed by atoms with Gasteiger partial charge in [-0.2, -0.15) is 4.39 Å². The molecule has 204 valence electrons. The molecular formula is C31H33F3N4O. The topological polar surface area (TPSA) is 75.2 Å².